The van der Waals surface area contributed by atoms with Gasteiger partial charge in [-0.25, -0.2) is 4.39 Å². The number of likely N-dealkylation sites (tertiary alicyclic amines) is 2. The highest BCUT2D eigenvalue weighted by Gasteiger charge is 2.51. The van der Waals surface area contributed by atoms with Crippen molar-refractivity contribution < 1.29 is 9.18 Å². The fourth-order valence-electron chi connectivity index (χ4n) is 4.65. The molecule has 2 aromatic rings. The summed E-state index contributed by atoms with van der Waals surface area (Å²) in [5.41, 5.74) is 1.68. The quantitative estimate of drug-likeness (QED) is 0.778. The fourth-order valence-corrected chi connectivity index (χ4v) is 4.76. The second kappa shape index (κ2) is 7.80. The summed E-state index contributed by atoms with van der Waals surface area (Å²) in [5, 5.41) is 0.644. The monoisotopic (exact) mass is 401 g/mol. The summed E-state index contributed by atoms with van der Waals surface area (Å²) in [6.45, 7) is 2.55. The number of likely N-dealkylation sites (N-methyl/N-ethyl adjacent to an activating group) is 1. The Hall–Kier alpha value is -1.98. The molecule has 0 unspecified atom stereocenters. The van der Waals surface area contributed by atoms with E-state index in [9.17, 15) is 9.18 Å². The first-order valence-corrected chi connectivity index (χ1v) is 10.2. The van der Waals surface area contributed by atoms with E-state index in [1.807, 2.05) is 30.1 Å². The van der Waals surface area contributed by atoms with Crippen LogP contribution >= 0.6 is 11.6 Å². The zero-order chi connectivity index (χ0) is 19.7. The summed E-state index contributed by atoms with van der Waals surface area (Å²) in [7, 11) is 1.89. The molecule has 4 rings (SSSR count). The molecule has 0 bridgehead atoms. The van der Waals surface area contributed by atoms with Crippen molar-refractivity contribution in [3.05, 3.63) is 64.7 Å². The zero-order valence-electron chi connectivity index (χ0n) is 16.1. The van der Waals surface area contributed by atoms with Gasteiger partial charge in [-0.15, -0.1) is 0 Å². The minimum absolute atomic E-state index is 0.138. The standard InChI is InChI=1S/C22H25ClFN3O/c1-26-20(12-16-3-2-4-18(24)11-16)13-22(21(26)28)7-9-27(10-8-22)15-19-6-5-17(23)14-25-19/h2-6,11,14,20H,7-10,12-13,15H2,1H3/t20-/m0/s1. The summed E-state index contributed by atoms with van der Waals surface area (Å²) in [6, 6.07) is 10.7. The molecule has 1 amide bonds. The lowest BCUT2D eigenvalue weighted by Gasteiger charge is -2.37. The van der Waals surface area contributed by atoms with Crippen LogP contribution < -0.4 is 0 Å². The average Bonchev–Trinajstić information content (AvgIpc) is 2.90. The molecule has 3 heterocycles. The Kier molecular flexibility index (Phi) is 5.39. The number of carbonyl (C=O) groups is 1. The predicted octanol–water partition coefficient (Wildman–Crippen LogP) is 3.93. The summed E-state index contributed by atoms with van der Waals surface area (Å²) in [5.74, 6) is 0.0291. The number of hydrogen-bond donors (Lipinski definition) is 0. The number of rotatable bonds is 4. The highest BCUT2D eigenvalue weighted by Crippen LogP contribution is 2.44. The van der Waals surface area contributed by atoms with E-state index < -0.39 is 0 Å². The van der Waals surface area contributed by atoms with Gasteiger partial charge in [0, 0.05) is 25.8 Å². The third-order valence-electron chi connectivity index (χ3n) is 6.30. The van der Waals surface area contributed by atoms with Gasteiger partial charge in [0.15, 0.2) is 0 Å². The predicted molar refractivity (Wildman–Crippen MR) is 107 cm³/mol. The molecule has 1 atom stereocenters. The normalized spacial score (nSPS) is 22.2. The molecule has 148 valence electrons. The van der Waals surface area contributed by atoms with Crippen LogP contribution in [0.1, 0.15) is 30.5 Å². The number of benzene rings is 1. The molecule has 0 N–H and O–H groups in total. The molecule has 2 fully saturated rings. The van der Waals surface area contributed by atoms with Gasteiger partial charge in [-0.2, -0.15) is 0 Å². The Balaban J connectivity index is 1.39. The van der Waals surface area contributed by atoms with Crippen LogP contribution in [0.3, 0.4) is 0 Å². The van der Waals surface area contributed by atoms with Crippen LogP contribution in [0.25, 0.3) is 0 Å². The third-order valence-corrected chi connectivity index (χ3v) is 6.52. The second-order valence-corrected chi connectivity index (χ2v) is 8.57. The first kappa shape index (κ1) is 19.3. The van der Waals surface area contributed by atoms with Gasteiger partial charge < -0.3 is 4.90 Å². The van der Waals surface area contributed by atoms with E-state index in [4.69, 9.17) is 11.6 Å². The number of aromatic nitrogens is 1. The number of piperidine rings is 1. The van der Waals surface area contributed by atoms with Crippen LogP contribution in [0.2, 0.25) is 5.02 Å². The SMILES string of the molecule is CN1C(=O)C2(CCN(Cc3ccc(Cl)cn3)CC2)C[C@@H]1Cc1cccc(F)c1. The number of amides is 1. The molecule has 2 saturated heterocycles. The van der Waals surface area contributed by atoms with E-state index >= 15 is 0 Å². The molecule has 2 aliphatic rings. The van der Waals surface area contributed by atoms with Gasteiger partial charge in [0.05, 0.1) is 16.1 Å². The van der Waals surface area contributed by atoms with Crippen LogP contribution in [0.4, 0.5) is 4.39 Å². The smallest absolute Gasteiger partial charge is 0.228 e. The van der Waals surface area contributed by atoms with Crippen molar-refractivity contribution >= 4 is 17.5 Å². The van der Waals surface area contributed by atoms with E-state index in [1.165, 1.54) is 6.07 Å². The summed E-state index contributed by atoms with van der Waals surface area (Å²) < 4.78 is 13.5. The minimum atomic E-state index is -0.267. The Morgan fingerprint density at radius 2 is 2.04 bits per heavy atom. The Bertz CT molecular complexity index is 849. The Labute approximate surface area is 170 Å². The molecule has 0 radical (unpaired) electrons. The van der Waals surface area contributed by atoms with Crippen molar-refractivity contribution in [2.75, 3.05) is 20.1 Å². The molecular weight excluding hydrogens is 377 g/mol. The summed E-state index contributed by atoms with van der Waals surface area (Å²) >= 11 is 5.91. The maximum atomic E-state index is 13.5. The molecule has 0 saturated carbocycles. The number of carbonyl (C=O) groups excluding carboxylic acids is 1. The molecular formula is C22H25ClFN3O. The van der Waals surface area contributed by atoms with Crippen molar-refractivity contribution in [1.82, 2.24) is 14.8 Å². The summed E-state index contributed by atoms with van der Waals surface area (Å²) in [4.78, 5) is 21.7. The van der Waals surface area contributed by atoms with Gasteiger partial charge in [-0.1, -0.05) is 23.7 Å². The van der Waals surface area contributed by atoms with Crippen LogP contribution in [-0.4, -0.2) is 46.9 Å². The number of hydrogen-bond acceptors (Lipinski definition) is 3. The number of pyridine rings is 1. The highest BCUT2D eigenvalue weighted by molar-refractivity contribution is 6.30. The lowest BCUT2D eigenvalue weighted by molar-refractivity contribution is -0.137. The van der Waals surface area contributed by atoms with Crippen molar-refractivity contribution in [3.8, 4) is 0 Å². The van der Waals surface area contributed by atoms with Gasteiger partial charge in [0.1, 0.15) is 5.82 Å². The first-order chi connectivity index (χ1) is 13.4. The average molecular weight is 402 g/mol. The molecule has 1 spiro atoms. The Morgan fingerprint density at radius 1 is 1.25 bits per heavy atom. The largest absolute Gasteiger partial charge is 0.342 e. The first-order valence-electron chi connectivity index (χ1n) is 9.80. The fraction of sp³-hybridized carbons (Fsp3) is 0.455. The van der Waals surface area contributed by atoms with Gasteiger partial charge in [0.25, 0.3) is 0 Å². The maximum absolute atomic E-state index is 13.5. The molecule has 4 nitrogen and oxygen atoms in total. The molecule has 1 aromatic carbocycles. The Morgan fingerprint density at radius 3 is 2.71 bits per heavy atom. The highest BCUT2D eigenvalue weighted by atomic mass is 35.5. The van der Waals surface area contributed by atoms with Crippen molar-refractivity contribution in [2.24, 2.45) is 5.41 Å². The van der Waals surface area contributed by atoms with Crippen LogP contribution in [-0.2, 0) is 17.8 Å². The summed E-state index contributed by atoms with van der Waals surface area (Å²) in [6.07, 6.45) is 4.97. The second-order valence-electron chi connectivity index (χ2n) is 8.13. The van der Waals surface area contributed by atoms with E-state index in [0.29, 0.717) is 11.4 Å². The third kappa shape index (κ3) is 3.91. The topological polar surface area (TPSA) is 36.4 Å². The molecule has 28 heavy (non-hydrogen) atoms. The van der Waals surface area contributed by atoms with E-state index in [1.54, 1.807) is 18.3 Å². The lowest BCUT2D eigenvalue weighted by atomic mass is 9.75. The minimum Gasteiger partial charge on any atom is -0.342 e. The maximum Gasteiger partial charge on any atom is 0.228 e. The molecule has 6 heteroatoms. The van der Waals surface area contributed by atoms with Crippen molar-refractivity contribution in [2.45, 2.75) is 38.3 Å². The number of halogens is 2. The van der Waals surface area contributed by atoms with Gasteiger partial charge in [-0.3, -0.25) is 14.7 Å². The molecule has 2 aliphatic heterocycles. The van der Waals surface area contributed by atoms with Crippen LogP contribution in [0.5, 0.6) is 0 Å². The lowest BCUT2D eigenvalue weighted by Crippen LogP contribution is -2.43. The van der Waals surface area contributed by atoms with Crippen LogP contribution in [0.15, 0.2) is 42.6 Å². The number of nitrogens with zero attached hydrogens (tertiary/aromatic N) is 3. The van der Waals surface area contributed by atoms with Gasteiger partial charge in [0.2, 0.25) is 5.91 Å². The van der Waals surface area contributed by atoms with Crippen LogP contribution in [0, 0.1) is 11.2 Å². The molecule has 0 aliphatic carbocycles. The zero-order valence-corrected chi connectivity index (χ0v) is 16.8. The molecule has 1 aromatic heterocycles. The van der Waals surface area contributed by atoms with Gasteiger partial charge in [-0.05, 0) is 68.6 Å². The van der Waals surface area contributed by atoms with Crippen molar-refractivity contribution in [1.29, 1.82) is 0 Å². The van der Waals surface area contributed by atoms with E-state index in [-0.39, 0.29) is 23.2 Å². The van der Waals surface area contributed by atoms with E-state index in [0.717, 1.165) is 50.2 Å². The van der Waals surface area contributed by atoms with Crippen molar-refractivity contribution in [3.63, 3.8) is 0 Å². The van der Waals surface area contributed by atoms with E-state index in [2.05, 4.69) is 9.88 Å². The van der Waals surface area contributed by atoms with Gasteiger partial charge >= 0.3 is 0 Å².